The number of nitrogens with two attached hydrogens (primary N) is 1. The molecule has 0 fully saturated rings. The van der Waals surface area contributed by atoms with Gasteiger partial charge in [0, 0.05) is 9.37 Å². The van der Waals surface area contributed by atoms with E-state index >= 15 is 0 Å². The molecular weight excluding hydrogens is 313 g/mol. The summed E-state index contributed by atoms with van der Waals surface area (Å²) < 4.78 is 14.9. The lowest BCUT2D eigenvalue weighted by atomic mass is 10.1. The Labute approximate surface area is 119 Å². The van der Waals surface area contributed by atoms with Crippen molar-refractivity contribution in [2.45, 2.75) is 16.2 Å². The van der Waals surface area contributed by atoms with E-state index in [1.807, 2.05) is 30.3 Å². The Morgan fingerprint density at radius 2 is 1.89 bits per heavy atom. The van der Waals surface area contributed by atoms with Gasteiger partial charge < -0.3 is 5.73 Å². The van der Waals surface area contributed by atoms with Crippen molar-refractivity contribution >= 4 is 27.7 Å². The van der Waals surface area contributed by atoms with E-state index in [1.165, 1.54) is 17.8 Å². The van der Waals surface area contributed by atoms with E-state index in [2.05, 4.69) is 15.9 Å². The maximum atomic E-state index is 13.9. The predicted octanol–water partition coefficient (Wildman–Crippen LogP) is 4.24. The second-order valence-electron chi connectivity index (χ2n) is 3.80. The molecule has 2 aromatic carbocycles. The molecule has 0 aromatic heterocycles. The second-order valence-corrected chi connectivity index (χ2v) is 5.71. The van der Waals surface area contributed by atoms with E-state index in [0.717, 1.165) is 14.9 Å². The van der Waals surface area contributed by atoms with Gasteiger partial charge >= 0.3 is 0 Å². The summed E-state index contributed by atoms with van der Waals surface area (Å²) in [6.45, 7) is 0.521. The molecule has 94 valence electrons. The third-order valence-electron chi connectivity index (χ3n) is 2.51. The van der Waals surface area contributed by atoms with Gasteiger partial charge in [0.1, 0.15) is 5.82 Å². The summed E-state index contributed by atoms with van der Waals surface area (Å²) in [6.07, 6.45) is 0.685. The van der Waals surface area contributed by atoms with E-state index in [1.54, 1.807) is 6.07 Å². The zero-order valence-corrected chi connectivity index (χ0v) is 12.1. The standard InChI is InChI=1S/C14H13BrFNS/c15-11-5-1-2-7-13(11)18-14-10(8-9-17)4-3-6-12(14)16/h1-7H,8-9,17H2. The Balaban J connectivity index is 2.36. The molecule has 0 aliphatic rings. The first kappa shape index (κ1) is 13.6. The van der Waals surface area contributed by atoms with E-state index < -0.39 is 0 Å². The van der Waals surface area contributed by atoms with Gasteiger partial charge in [0.2, 0.25) is 0 Å². The van der Waals surface area contributed by atoms with Crippen LogP contribution in [0.3, 0.4) is 0 Å². The van der Waals surface area contributed by atoms with Crippen LogP contribution in [-0.4, -0.2) is 6.54 Å². The van der Waals surface area contributed by atoms with Gasteiger partial charge in [-0.3, -0.25) is 0 Å². The van der Waals surface area contributed by atoms with Gasteiger partial charge in [-0.2, -0.15) is 0 Å². The summed E-state index contributed by atoms with van der Waals surface area (Å²) in [4.78, 5) is 1.66. The van der Waals surface area contributed by atoms with Crippen molar-refractivity contribution in [2.24, 2.45) is 5.73 Å². The molecule has 0 unspecified atom stereocenters. The number of hydrogen-bond donors (Lipinski definition) is 1. The number of rotatable bonds is 4. The first-order valence-electron chi connectivity index (χ1n) is 5.62. The normalized spacial score (nSPS) is 10.6. The van der Waals surface area contributed by atoms with Gasteiger partial charge in [0.05, 0.1) is 4.90 Å². The maximum Gasteiger partial charge on any atom is 0.137 e. The fourth-order valence-corrected chi connectivity index (χ4v) is 3.18. The Bertz CT molecular complexity index is 545. The molecule has 0 aliphatic carbocycles. The highest BCUT2D eigenvalue weighted by molar-refractivity contribution is 9.10. The lowest BCUT2D eigenvalue weighted by Gasteiger charge is -2.10. The van der Waals surface area contributed by atoms with Gasteiger partial charge in [-0.15, -0.1) is 0 Å². The molecule has 1 nitrogen and oxygen atoms in total. The molecule has 0 radical (unpaired) electrons. The molecular formula is C14H13BrFNS. The van der Waals surface area contributed by atoms with Crippen LogP contribution in [0.1, 0.15) is 5.56 Å². The van der Waals surface area contributed by atoms with Gasteiger partial charge in [-0.1, -0.05) is 36.0 Å². The molecule has 0 heterocycles. The summed E-state index contributed by atoms with van der Waals surface area (Å²) >= 11 is 4.90. The summed E-state index contributed by atoms with van der Waals surface area (Å²) in [5.41, 5.74) is 6.52. The Morgan fingerprint density at radius 3 is 2.61 bits per heavy atom. The fraction of sp³-hybridized carbons (Fsp3) is 0.143. The summed E-state index contributed by atoms with van der Waals surface area (Å²) in [5, 5.41) is 0. The minimum atomic E-state index is -0.193. The van der Waals surface area contributed by atoms with Crippen LogP contribution >= 0.6 is 27.7 Å². The van der Waals surface area contributed by atoms with Crippen LogP contribution in [-0.2, 0) is 6.42 Å². The van der Waals surface area contributed by atoms with Crippen molar-refractivity contribution in [1.29, 1.82) is 0 Å². The zero-order valence-electron chi connectivity index (χ0n) is 9.70. The van der Waals surface area contributed by atoms with Crippen molar-refractivity contribution in [3.05, 3.63) is 58.3 Å². The molecule has 0 saturated carbocycles. The number of benzene rings is 2. The molecule has 4 heteroatoms. The number of halogens is 2. The molecule has 18 heavy (non-hydrogen) atoms. The fourth-order valence-electron chi connectivity index (χ4n) is 1.66. The quantitative estimate of drug-likeness (QED) is 0.909. The highest BCUT2D eigenvalue weighted by Gasteiger charge is 2.11. The first-order valence-corrected chi connectivity index (χ1v) is 7.23. The van der Waals surface area contributed by atoms with Crippen molar-refractivity contribution in [3.8, 4) is 0 Å². The molecule has 0 atom stereocenters. The number of hydrogen-bond acceptors (Lipinski definition) is 2. The van der Waals surface area contributed by atoms with Crippen LogP contribution in [0.15, 0.2) is 56.7 Å². The minimum absolute atomic E-state index is 0.193. The molecule has 2 N–H and O–H groups in total. The third-order valence-corrected chi connectivity index (χ3v) is 4.70. The topological polar surface area (TPSA) is 26.0 Å². The monoisotopic (exact) mass is 325 g/mol. The molecule has 2 rings (SSSR count). The summed E-state index contributed by atoms with van der Waals surface area (Å²) in [5.74, 6) is -0.193. The average molecular weight is 326 g/mol. The first-order chi connectivity index (χ1) is 8.72. The molecule has 0 bridgehead atoms. The third kappa shape index (κ3) is 3.13. The average Bonchev–Trinajstić information content (AvgIpc) is 2.36. The lowest BCUT2D eigenvalue weighted by Crippen LogP contribution is -2.04. The zero-order chi connectivity index (χ0) is 13.0. The van der Waals surface area contributed by atoms with Crippen LogP contribution in [0.4, 0.5) is 4.39 Å². The Morgan fingerprint density at radius 1 is 1.11 bits per heavy atom. The molecule has 0 saturated heterocycles. The van der Waals surface area contributed by atoms with E-state index in [0.29, 0.717) is 17.9 Å². The second kappa shape index (κ2) is 6.36. The van der Waals surface area contributed by atoms with Crippen molar-refractivity contribution < 1.29 is 4.39 Å². The molecule has 2 aromatic rings. The minimum Gasteiger partial charge on any atom is -0.330 e. The summed E-state index contributed by atoms with van der Waals surface area (Å²) in [7, 11) is 0. The van der Waals surface area contributed by atoms with Gasteiger partial charge in [-0.05, 0) is 52.7 Å². The van der Waals surface area contributed by atoms with E-state index in [-0.39, 0.29) is 5.82 Å². The lowest BCUT2D eigenvalue weighted by molar-refractivity contribution is 0.597. The largest absolute Gasteiger partial charge is 0.330 e. The van der Waals surface area contributed by atoms with Crippen LogP contribution in [0.5, 0.6) is 0 Å². The van der Waals surface area contributed by atoms with Gasteiger partial charge in [0.15, 0.2) is 0 Å². The van der Waals surface area contributed by atoms with Crippen LogP contribution < -0.4 is 5.73 Å². The maximum absolute atomic E-state index is 13.9. The van der Waals surface area contributed by atoms with Crippen molar-refractivity contribution in [3.63, 3.8) is 0 Å². The van der Waals surface area contributed by atoms with Crippen molar-refractivity contribution in [1.82, 2.24) is 0 Å². The van der Waals surface area contributed by atoms with Crippen LogP contribution in [0.2, 0.25) is 0 Å². The smallest absolute Gasteiger partial charge is 0.137 e. The molecule has 0 spiro atoms. The highest BCUT2D eigenvalue weighted by atomic mass is 79.9. The molecule has 0 amide bonds. The van der Waals surface area contributed by atoms with Crippen molar-refractivity contribution in [2.75, 3.05) is 6.54 Å². The predicted molar refractivity (Wildman–Crippen MR) is 77.4 cm³/mol. The molecule has 0 aliphatic heterocycles. The van der Waals surface area contributed by atoms with Crippen LogP contribution in [0.25, 0.3) is 0 Å². The Kier molecular flexibility index (Phi) is 4.80. The SMILES string of the molecule is NCCc1cccc(F)c1Sc1ccccc1Br. The van der Waals surface area contributed by atoms with Gasteiger partial charge in [-0.25, -0.2) is 4.39 Å². The van der Waals surface area contributed by atoms with Crippen LogP contribution in [0, 0.1) is 5.82 Å². The van der Waals surface area contributed by atoms with E-state index in [4.69, 9.17) is 5.73 Å². The Hall–Kier alpha value is -0.840. The van der Waals surface area contributed by atoms with E-state index in [9.17, 15) is 4.39 Å². The summed E-state index contributed by atoms with van der Waals surface area (Å²) in [6, 6.07) is 12.9. The highest BCUT2D eigenvalue weighted by Crippen LogP contribution is 2.36. The van der Waals surface area contributed by atoms with Gasteiger partial charge in [0.25, 0.3) is 0 Å².